The number of hydrazone groups is 1. The largest absolute Gasteiger partial charge is 0.496 e. The molecule has 0 radical (unpaired) electrons. The van der Waals surface area contributed by atoms with E-state index in [0.717, 1.165) is 0 Å². The highest BCUT2D eigenvalue weighted by Gasteiger charge is 2.14. The van der Waals surface area contributed by atoms with Crippen molar-refractivity contribution in [1.82, 2.24) is 5.43 Å². The zero-order valence-electron chi connectivity index (χ0n) is 13.1. The summed E-state index contributed by atoms with van der Waals surface area (Å²) in [6.07, 6.45) is 1.37. The molecule has 0 unspecified atom stereocenters. The van der Waals surface area contributed by atoms with Gasteiger partial charge in [0.15, 0.2) is 12.4 Å². The minimum Gasteiger partial charge on any atom is -0.496 e. The molecular formula is C16H14ClN3O5. The average Bonchev–Trinajstić information content (AvgIpc) is 2.60. The minimum absolute atomic E-state index is 0.00291. The molecule has 0 bridgehead atoms. The maximum Gasteiger partial charge on any atom is 0.310 e. The second-order valence-corrected chi connectivity index (χ2v) is 5.13. The first-order chi connectivity index (χ1) is 12.0. The van der Waals surface area contributed by atoms with Gasteiger partial charge in [0.25, 0.3) is 5.91 Å². The second-order valence-electron chi connectivity index (χ2n) is 4.69. The summed E-state index contributed by atoms with van der Waals surface area (Å²) in [4.78, 5) is 22.0. The molecule has 25 heavy (non-hydrogen) atoms. The van der Waals surface area contributed by atoms with Crippen molar-refractivity contribution in [3.8, 4) is 11.5 Å². The molecule has 1 amide bonds. The lowest BCUT2D eigenvalue weighted by molar-refractivity contribution is -0.385. The van der Waals surface area contributed by atoms with Gasteiger partial charge in [-0.1, -0.05) is 23.7 Å². The van der Waals surface area contributed by atoms with Crippen molar-refractivity contribution >= 4 is 29.4 Å². The third-order valence-electron chi connectivity index (χ3n) is 3.01. The number of carbonyl (C=O) groups is 1. The maximum atomic E-state index is 11.7. The highest BCUT2D eigenvalue weighted by Crippen LogP contribution is 2.25. The molecule has 0 heterocycles. The van der Waals surface area contributed by atoms with Crippen molar-refractivity contribution < 1.29 is 19.2 Å². The van der Waals surface area contributed by atoms with Gasteiger partial charge in [0, 0.05) is 16.7 Å². The Hall–Kier alpha value is -3.13. The van der Waals surface area contributed by atoms with E-state index in [9.17, 15) is 14.9 Å². The van der Waals surface area contributed by atoms with E-state index in [1.807, 2.05) is 0 Å². The molecule has 2 aromatic rings. The fraction of sp³-hybridized carbons (Fsp3) is 0.125. The third-order valence-corrected chi connectivity index (χ3v) is 3.24. The summed E-state index contributed by atoms with van der Waals surface area (Å²) in [5.41, 5.74) is 2.62. The van der Waals surface area contributed by atoms with Gasteiger partial charge in [0.1, 0.15) is 5.75 Å². The molecule has 0 aliphatic carbocycles. The van der Waals surface area contributed by atoms with E-state index in [0.29, 0.717) is 16.3 Å². The Morgan fingerprint density at radius 1 is 1.32 bits per heavy atom. The van der Waals surface area contributed by atoms with Crippen LogP contribution in [0.1, 0.15) is 5.56 Å². The summed E-state index contributed by atoms with van der Waals surface area (Å²) in [6.45, 7) is -0.422. The summed E-state index contributed by atoms with van der Waals surface area (Å²) in [6, 6.07) is 10.7. The van der Waals surface area contributed by atoms with E-state index in [2.05, 4.69) is 10.5 Å². The van der Waals surface area contributed by atoms with E-state index in [-0.39, 0.29) is 11.4 Å². The number of ether oxygens (including phenoxy) is 2. The monoisotopic (exact) mass is 363 g/mol. The maximum absolute atomic E-state index is 11.7. The molecule has 9 heteroatoms. The van der Waals surface area contributed by atoms with Gasteiger partial charge in [-0.15, -0.1) is 0 Å². The van der Waals surface area contributed by atoms with Crippen LogP contribution in [0.4, 0.5) is 5.69 Å². The Bertz CT molecular complexity index is 810. The molecule has 0 atom stereocenters. The van der Waals surface area contributed by atoms with Crippen LogP contribution in [0.3, 0.4) is 0 Å². The number of nitro benzene ring substituents is 1. The molecule has 0 spiro atoms. The quantitative estimate of drug-likeness (QED) is 0.463. The van der Waals surface area contributed by atoms with Crippen molar-refractivity contribution in [3.05, 3.63) is 63.2 Å². The third kappa shape index (κ3) is 5.18. The number of nitrogens with one attached hydrogen (secondary N) is 1. The van der Waals surface area contributed by atoms with Gasteiger partial charge < -0.3 is 9.47 Å². The van der Waals surface area contributed by atoms with Gasteiger partial charge in [-0.25, -0.2) is 5.43 Å². The number of nitro groups is 1. The highest BCUT2D eigenvalue weighted by molar-refractivity contribution is 6.30. The van der Waals surface area contributed by atoms with Gasteiger partial charge in [0.05, 0.1) is 18.2 Å². The van der Waals surface area contributed by atoms with Gasteiger partial charge in [0.2, 0.25) is 0 Å². The number of benzene rings is 2. The van der Waals surface area contributed by atoms with Crippen LogP contribution in [0.5, 0.6) is 11.5 Å². The average molecular weight is 364 g/mol. The molecule has 2 aromatic carbocycles. The van der Waals surface area contributed by atoms with Crippen LogP contribution in [-0.2, 0) is 4.79 Å². The molecule has 0 saturated heterocycles. The van der Waals surface area contributed by atoms with Gasteiger partial charge in [-0.2, -0.15) is 5.10 Å². The molecule has 1 N–H and O–H groups in total. The molecule has 0 saturated carbocycles. The molecular weight excluding hydrogens is 350 g/mol. The molecule has 2 rings (SSSR count). The number of amides is 1. The number of hydrogen-bond acceptors (Lipinski definition) is 6. The first kappa shape index (κ1) is 18.2. The standard InChI is InChI=1S/C16H14ClN3O5/c1-24-14-7-6-12(17)8-11(14)9-18-19-16(21)10-25-15-5-3-2-4-13(15)20(22)23/h2-9H,10H2,1H3,(H,19,21). The number of carbonyl (C=O) groups excluding carboxylic acids is 1. The number of hydrogen-bond donors (Lipinski definition) is 1. The van der Waals surface area contributed by atoms with E-state index in [1.165, 1.54) is 31.5 Å². The van der Waals surface area contributed by atoms with Crippen molar-refractivity contribution in [2.75, 3.05) is 13.7 Å². The fourth-order valence-electron chi connectivity index (χ4n) is 1.89. The topological polar surface area (TPSA) is 103 Å². The Morgan fingerprint density at radius 2 is 2.08 bits per heavy atom. The predicted molar refractivity (Wildman–Crippen MR) is 92.3 cm³/mol. The Labute approximate surface area is 148 Å². The van der Waals surface area contributed by atoms with E-state index < -0.39 is 17.4 Å². The first-order valence-corrected chi connectivity index (χ1v) is 7.40. The normalized spacial score (nSPS) is 10.5. The minimum atomic E-state index is -0.586. The Balaban J connectivity index is 1.94. The van der Waals surface area contributed by atoms with Gasteiger partial charge in [-0.3, -0.25) is 14.9 Å². The lowest BCUT2D eigenvalue weighted by atomic mass is 10.2. The van der Waals surface area contributed by atoms with E-state index in [4.69, 9.17) is 21.1 Å². The van der Waals surface area contributed by atoms with Crippen LogP contribution in [0.25, 0.3) is 0 Å². The van der Waals surface area contributed by atoms with Crippen molar-refractivity contribution in [3.63, 3.8) is 0 Å². The highest BCUT2D eigenvalue weighted by atomic mass is 35.5. The van der Waals surface area contributed by atoms with Crippen molar-refractivity contribution in [1.29, 1.82) is 0 Å². The van der Waals surface area contributed by atoms with E-state index >= 15 is 0 Å². The molecule has 8 nitrogen and oxygen atoms in total. The molecule has 0 aliphatic heterocycles. The summed E-state index contributed by atoms with van der Waals surface area (Å²) in [5, 5.41) is 15.1. The van der Waals surface area contributed by atoms with Gasteiger partial charge in [-0.05, 0) is 24.3 Å². The zero-order chi connectivity index (χ0) is 18.2. The summed E-state index contributed by atoms with van der Waals surface area (Å²) >= 11 is 5.89. The first-order valence-electron chi connectivity index (χ1n) is 7.03. The predicted octanol–water partition coefficient (Wildman–Crippen LogP) is 2.79. The lowest BCUT2D eigenvalue weighted by Gasteiger charge is -2.06. The fourth-order valence-corrected chi connectivity index (χ4v) is 2.07. The zero-order valence-corrected chi connectivity index (χ0v) is 13.9. The van der Waals surface area contributed by atoms with Gasteiger partial charge >= 0.3 is 5.69 Å². The number of halogens is 1. The van der Waals surface area contributed by atoms with Crippen molar-refractivity contribution in [2.45, 2.75) is 0 Å². The van der Waals surface area contributed by atoms with Crippen LogP contribution in [-0.4, -0.2) is 30.8 Å². The molecule has 0 fully saturated rings. The van der Waals surface area contributed by atoms with E-state index in [1.54, 1.807) is 24.3 Å². The van der Waals surface area contributed by atoms with Crippen molar-refractivity contribution in [2.24, 2.45) is 5.10 Å². The van der Waals surface area contributed by atoms with Crippen LogP contribution < -0.4 is 14.9 Å². The molecule has 130 valence electrons. The molecule has 0 aliphatic rings. The Kier molecular flexibility index (Phi) is 6.30. The van der Waals surface area contributed by atoms with Crippen LogP contribution in [0.2, 0.25) is 5.02 Å². The van der Waals surface area contributed by atoms with Crippen LogP contribution in [0.15, 0.2) is 47.6 Å². The summed E-state index contributed by atoms with van der Waals surface area (Å²) in [5.74, 6) is -0.0305. The SMILES string of the molecule is COc1ccc(Cl)cc1C=NNC(=O)COc1ccccc1[N+](=O)[O-]. The number of rotatable bonds is 7. The summed E-state index contributed by atoms with van der Waals surface area (Å²) in [7, 11) is 1.50. The smallest absolute Gasteiger partial charge is 0.310 e. The molecule has 0 aromatic heterocycles. The second kappa shape index (κ2) is 8.65. The Morgan fingerprint density at radius 3 is 2.80 bits per heavy atom. The van der Waals surface area contributed by atoms with Crippen LogP contribution in [0, 0.1) is 10.1 Å². The number of para-hydroxylation sites is 2. The summed E-state index contributed by atoms with van der Waals surface area (Å²) < 4.78 is 10.3. The lowest BCUT2D eigenvalue weighted by Crippen LogP contribution is -2.24. The number of methoxy groups -OCH3 is 1. The number of nitrogens with zero attached hydrogens (tertiary/aromatic N) is 2. The van der Waals surface area contributed by atoms with Crippen LogP contribution >= 0.6 is 11.6 Å².